The van der Waals surface area contributed by atoms with Gasteiger partial charge in [0.15, 0.2) is 0 Å². The molecule has 0 aliphatic carbocycles. The molecule has 8 heteroatoms. The van der Waals surface area contributed by atoms with Gasteiger partial charge in [-0.25, -0.2) is 17.2 Å². The Morgan fingerprint density at radius 1 is 0.964 bits per heavy atom. The van der Waals surface area contributed by atoms with E-state index in [2.05, 4.69) is 0 Å². The summed E-state index contributed by atoms with van der Waals surface area (Å²) in [7, 11) is -4.40. The van der Waals surface area contributed by atoms with Crippen LogP contribution in [-0.4, -0.2) is 14.4 Å². The second-order valence-electron chi connectivity index (χ2n) is 5.82. The predicted molar refractivity (Wildman–Crippen MR) is 100 cm³/mol. The molecule has 3 aromatic carbocycles. The maximum absolute atomic E-state index is 14.7. The Morgan fingerprint density at radius 2 is 1.57 bits per heavy atom. The number of carbonyl (C=O) groups is 1. The van der Waals surface area contributed by atoms with E-state index in [-0.39, 0.29) is 26.8 Å². The van der Waals surface area contributed by atoms with Crippen molar-refractivity contribution >= 4 is 27.4 Å². The van der Waals surface area contributed by atoms with E-state index in [0.717, 1.165) is 12.1 Å². The van der Waals surface area contributed by atoms with Gasteiger partial charge in [-0.05, 0) is 48.0 Å². The van der Waals surface area contributed by atoms with Crippen molar-refractivity contribution in [1.29, 1.82) is 0 Å². The lowest BCUT2D eigenvalue weighted by Gasteiger charge is -2.12. The molecule has 0 aromatic heterocycles. The van der Waals surface area contributed by atoms with Crippen molar-refractivity contribution in [1.82, 2.24) is 0 Å². The molecule has 0 N–H and O–H groups in total. The standard InChI is InChI=1S/C20H13ClF2O4S/c1-12(24)27-19-8-7-14(21)11-16(19)13-9-17(22)20(18(23)10-13)28(25,26)15-5-3-2-4-6-15/h2-11H,1H3. The van der Waals surface area contributed by atoms with E-state index >= 15 is 0 Å². The first-order valence-corrected chi connectivity index (χ1v) is 9.84. The number of halogens is 3. The van der Waals surface area contributed by atoms with Crippen LogP contribution in [0.5, 0.6) is 5.75 Å². The SMILES string of the molecule is CC(=O)Oc1ccc(Cl)cc1-c1cc(F)c(S(=O)(=O)c2ccccc2)c(F)c1. The number of rotatable bonds is 4. The van der Waals surface area contributed by atoms with Gasteiger partial charge in [0.2, 0.25) is 9.84 Å². The molecule has 4 nitrogen and oxygen atoms in total. The first-order chi connectivity index (χ1) is 13.2. The summed E-state index contributed by atoms with van der Waals surface area (Å²) < 4.78 is 59.7. The molecule has 0 bridgehead atoms. The number of carbonyl (C=O) groups excluding carboxylic acids is 1. The van der Waals surface area contributed by atoms with Gasteiger partial charge in [0, 0.05) is 17.5 Å². The van der Waals surface area contributed by atoms with Crippen molar-refractivity contribution in [3.8, 4) is 16.9 Å². The molecule has 0 atom stereocenters. The molecule has 3 aromatic rings. The average molecular weight is 423 g/mol. The summed E-state index contributed by atoms with van der Waals surface area (Å²) in [6, 6.07) is 12.9. The van der Waals surface area contributed by atoms with Gasteiger partial charge in [-0.2, -0.15) is 0 Å². The fraction of sp³-hybridized carbons (Fsp3) is 0.0500. The Morgan fingerprint density at radius 3 is 2.14 bits per heavy atom. The van der Waals surface area contributed by atoms with Crippen LogP contribution in [0.25, 0.3) is 11.1 Å². The fourth-order valence-corrected chi connectivity index (χ4v) is 4.22. The summed E-state index contributed by atoms with van der Waals surface area (Å²) >= 11 is 5.94. The van der Waals surface area contributed by atoms with Gasteiger partial charge in [-0.3, -0.25) is 4.79 Å². The zero-order chi connectivity index (χ0) is 20.5. The molecule has 0 saturated carbocycles. The Hall–Kier alpha value is -2.77. The minimum Gasteiger partial charge on any atom is -0.426 e. The third-order valence-electron chi connectivity index (χ3n) is 3.83. The maximum Gasteiger partial charge on any atom is 0.308 e. The van der Waals surface area contributed by atoms with E-state index in [0.29, 0.717) is 0 Å². The lowest BCUT2D eigenvalue weighted by Crippen LogP contribution is -2.08. The van der Waals surface area contributed by atoms with Crippen molar-refractivity contribution in [2.45, 2.75) is 16.7 Å². The quantitative estimate of drug-likeness (QED) is 0.436. The van der Waals surface area contributed by atoms with E-state index in [1.165, 1.54) is 49.4 Å². The minimum absolute atomic E-state index is 0.0271. The summed E-state index contributed by atoms with van der Waals surface area (Å²) in [6.45, 7) is 1.18. The molecule has 28 heavy (non-hydrogen) atoms. The van der Waals surface area contributed by atoms with Crippen molar-refractivity contribution < 1.29 is 26.7 Å². The highest BCUT2D eigenvalue weighted by atomic mass is 35.5. The number of ether oxygens (including phenoxy) is 1. The second kappa shape index (κ2) is 7.69. The molecule has 144 valence electrons. The molecule has 0 spiro atoms. The topological polar surface area (TPSA) is 60.4 Å². The third-order valence-corrected chi connectivity index (χ3v) is 5.88. The van der Waals surface area contributed by atoms with Crippen LogP contribution >= 0.6 is 11.6 Å². The van der Waals surface area contributed by atoms with Crippen molar-refractivity contribution in [2.75, 3.05) is 0 Å². The van der Waals surface area contributed by atoms with Gasteiger partial charge < -0.3 is 4.74 Å². The van der Waals surface area contributed by atoms with Gasteiger partial charge in [-0.1, -0.05) is 29.8 Å². The number of hydrogen-bond acceptors (Lipinski definition) is 4. The van der Waals surface area contributed by atoms with Crippen LogP contribution in [-0.2, 0) is 14.6 Å². The van der Waals surface area contributed by atoms with Crippen molar-refractivity contribution in [3.05, 3.63) is 77.3 Å². The first kappa shape index (κ1) is 20.0. The molecular weight excluding hydrogens is 410 g/mol. The van der Waals surface area contributed by atoms with E-state index in [4.69, 9.17) is 16.3 Å². The highest BCUT2D eigenvalue weighted by Crippen LogP contribution is 2.36. The van der Waals surface area contributed by atoms with E-state index in [1.54, 1.807) is 6.07 Å². The number of hydrogen-bond donors (Lipinski definition) is 0. The second-order valence-corrected chi connectivity index (χ2v) is 8.14. The van der Waals surface area contributed by atoms with Crippen LogP contribution in [0.2, 0.25) is 5.02 Å². The fourth-order valence-electron chi connectivity index (χ4n) is 2.66. The molecule has 0 aliphatic rings. The number of benzene rings is 3. The molecular formula is C20H13ClF2O4S. The van der Waals surface area contributed by atoms with Crippen molar-refractivity contribution in [3.63, 3.8) is 0 Å². The molecule has 0 fully saturated rings. The van der Waals surface area contributed by atoms with Crippen LogP contribution in [0.4, 0.5) is 8.78 Å². The van der Waals surface area contributed by atoms with Crippen LogP contribution in [0.1, 0.15) is 6.92 Å². The first-order valence-electron chi connectivity index (χ1n) is 7.97. The van der Waals surface area contributed by atoms with Crippen molar-refractivity contribution in [2.24, 2.45) is 0 Å². The van der Waals surface area contributed by atoms with Gasteiger partial charge >= 0.3 is 5.97 Å². The third kappa shape index (κ3) is 3.90. The molecule has 0 unspecified atom stereocenters. The van der Waals surface area contributed by atoms with Gasteiger partial charge in [-0.15, -0.1) is 0 Å². The summed E-state index contributed by atoms with van der Waals surface area (Å²) in [5.41, 5.74) is 0.116. The van der Waals surface area contributed by atoms with Crippen LogP contribution in [0, 0.1) is 11.6 Å². The Labute approximate surface area is 165 Å². The Kier molecular flexibility index (Phi) is 5.49. The molecule has 0 amide bonds. The molecule has 0 radical (unpaired) electrons. The summed E-state index contributed by atoms with van der Waals surface area (Å²) in [5, 5.41) is 0.243. The van der Waals surface area contributed by atoms with E-state index < -0.39 is 32.3 Å². The normalized spacial score (nSPS) is 11.3. The van der Waals surface area contributed by atoms with E-state index in [9.17, 15) is 22.0 Å². The lowest BCUT2D eigenvalue weighted by molar-refractivity contribution is -0.131. The largest absolute Gasteiger partial charge is 0.426 e. The highest BCUT2D eigenvalue weighted by Gasteiger charge is 2.27. The maximum atomic E-state index is 14.7. The smallest absolute Gasteiger partial charge is 0.308 e. The monoisotopic (exact) mass is 422 g/mol. The minimum atomic E-state index is -4.40. The molecule has 0 aliphatic heterocycles. The highest BCUT2D eigenvalue weighted by molar-refractivity contribution is 7.91. The van der Waals surface area contributed by atoms with Crippen LogP contribution in [0.3, 0.4) is 0 Å². The zero-order valence-corrected chi connectivity index (χ0v) is 16.0. The number of esters is 1. The van der Waals surface area contributed by atoms with Gasteiger partial charge in [0.1, 0.15) is 22.3 Å². The lowest BCUT2D eigenvalue weighted by atomic mass is 10.0. The molecule has 3 rings (SSSR count). The summed E-state index contributed by atoms with van der Waals surface area (Å²) in [5.74, 6) is -3.14. The van der Waals surface area contributed by atoms with E-state index in [1.807, 2.05) is 0 Å². The predicted octanol–water partition coefficient (Wildman–Crippen LogP) is 5.04. The Bertz CT molecular complexity index is 1140. The van der Waals surface area contributed by atoms with Gasteiger partial charge in [0.05, 0.1) is 4.90 Å². The van der Waals surface area contributed by atoms with Crippen LogP contribution in [0.15, 0.2) is 70.5 Å². The zero-order valence-electron chi connectivity index (χ0n) is 14.4. The molecule has 0 heterocycles. The molecule has 0 saturated heterocycles. The number of sulfone groups is 1. The summed E-state index contributed by atoms with van der Waals surface area (Å²) in [4.78, 5) is 9.99. The van der Waals surface area contributed by atoms with Gasteiger partial charge in [0.25, 0.3) is 0 Å². The average Bonchev–Trinajstić information content (AvgIpc) is 2.62. The summed E-state index contributed by atoms with van der Waals surface area (Å²) in [6.07, 6.45) is 0. The van der Waals surface area contributed by atoms with Crippen LogP contribution < -0.4 is 4.74 Å². The Balaban J connectivity index is 2.17.